The molecular formula is C32H24BrN3O7S. The molecule has 4 heterocycles. The van der Waals surface area contributed by atoms with Crippen molar-refractivity contribution in [1.82, 2.24) is 4.57 Å². The van der Waals surface area contributed by atoms with Crippen molar-refractivity contribution >= 4 is 45.0 Å². The normalized spacial score (nSPS) is 14.8. The molecule has 0 saturated carbocycles. The second kappa shape index (κ2) is 11.7. The zero-order chi connectivity index (χ0) is 31.1. The van der Waals surface area contributed by atoms with Gasteiger partial charge in [-0.3, -0.25) is 19.5 Å². The minimum Gasteiger partial charge on any atom is -0.463 e. The Morgan fingerprint density at radius 3 is 2.57 bits per heavy atom. The fourth-order valence-electron chi connectivity index (χ4n) is 5.02. The molecule has 2 aromatic carbocycles. The van der Waals surface area contributed by atoms with Crippen LogP contribution in [0.2, 0.25) is 0 Å². The van der Waals surface area contributed by atoms with Crippen LogP contribution in [0.15, 0.2) is 101 Å². The third-order valence-electron chi connectivity index (χ3n) is 7.14. The Hall–Kier alpha value is -4.81. The first-order valence-corrected chi connectivity index (χ1v) is 15.2. The van der Waals surface area contributed by atoms with Crippen LogP contribution >= 0.6 is 27.3 Å². The fraction of sp³-hybridized carbons (Fsp3) is 0.156. The number of furan rings is 2. The number of halogens is 1. The molecule has 0 aliphatic carbocycles. The highest BCUT2D eigenvalue weighted by atomic mass is 79.9. The van der Waals surface area contributed by atoms with Crippen molar-refractivity contribution in [3.05, 3.63) is 129 Å². The molecule has 1 atom stereocenters. The largest absolute Gasteiger partial charge is 0.463 e. The number of nitro benzene ring substituents is 1. The summed E-state index contributed by atoms with van der Waals surface area (Å²) in [6.45, 7) is 5.40. The highest BCUT2D eigenvalue weighted by Gasteiger charge is 2.35. The lowest BCUT2D eigenvalue weighted by atomic mass is 10.0. The summed E-state index contributed by atoms with van der Waals surface area (Å²) in [6.07, 6.45) is 1.59. The third-order valence-corrected chi connectivity index (χ3v) is 8.65. The van der Waals surface area contributed by atoms with Gasteiger partial charge in [0.2, 0.25) is 0 Å². The molecule has 1 aliphatic heterocycles. The summed E-state index contributed by atoms with van der Waals surface area (Å²) in [5.74, 6) is 1.18. The van der Waals surface area contributed by atoms with Gasteiger partial charge in [-0.25, -0.2) is 9.79 Å². The number of ether oxygens (including phenoxy) is 1. The van der Waals surface area contributed by atoms with Gasteiger partial charge in [-0.1, -0.05) is 45.5 Å². The monoisotopic (exact) mass is 673 g/mol. The Labute approximate surface area is 262 Å². The topological polar surface area (TPSA) is 130 Å². The van der Waals surface area contributed by atoms with Crippen molar-refractivity contribution in [3.63, 3.8) is 0 Å². The van der Waals surface area contributed by atoms with E-state index in [0.29, 0.717) is 43.6 Å². The number of carbonyl (C=O) groups is 1. The number of non-ortho nitro benzene ring substituents is 1. The summed E-state index contributed by atoms with van der Waals surface area (Å²) in [7, 11) is 0. The highest BCUT2D eigenvalue weighted by molar-refractivity contribution is 9.10. The van der Waals surface area contributed by atoms with Gasteiger partial charge in [-0.15, -0.1) is 0 Å². The van der Waals surface area contributed by atoms with Gasteiger partial charge in [0, 0.05) is 33.8 Å². The van der Waals surface area contributed by atoms with E-state index in [1.165, 1.54) is 16.7 Å². The van der Waals surface area contributed by atoms with E-state index in [4.69, 9.17) is 13.6 Å². The SMILES string of the molecule is CCOC(=O)C1=C(C)N=c2s/c(=C\c3ccc(-c4cc([N+](=O)[O-])ccc4C)o3)c(=O)n2[C@@H]1c1ccc(-c2ccc(Br)cc2)o1. The lowest BCUT2D eigenvalue weighted by Crippen LogP contribution is -2.39. The van der Waals surface area contributed by atoms with Crippen LogP contribution in [0, 0.1) is 17.0 Å². The molecule has 0 N–H and O–H groups in total. The Morgan fingerprint density at radius 2 is 1.84 bits per heavy atom. The van der Waals surface area contributed by atoms with Crippen LogP contribution < -0.4 is 14.9 Å². The first-order chi connectivity index (χ1) is 21.1. The van der Waals surface area contributed by atoms with Gasteiger partial charge < -0.3 is 13.6 Å². The predicted octanol–water partition coefficient (Wildman–Crippen LogP) is 6.30. The van der Waals surface area contributed by atoms with Crippen LogP contribution in [0.5, 0.6) is 0 Å². The molecule has 1 aliphatic rings. The minimum absolute atomic E-state index is 0.0501. The Morgan fingerprint density at radius 1 is 1.09 bits per heavy atom. The average molecular weight is 675 g/mol. The number of carbonyl (C=O) groups excluding carboxylic acids is 1. The summed E-state index contributed by atoms with van der Waals surface area (Å²) in [4.78, 5) is 43.0. The molecule has 5 aromatic rings. The number of rotatable bonds is 7. The molecule has 6 rings (SSSR count). The molecule has 44 heavy (non-hydrogen) atoms. The molecule has 0 fully saturated rings. The number of benzene rings is 2. The van der Waals surface area contributed by atoms with Gasteiger partial charge >= 0.3 is 5.97 Å². The quantitative estimate of drug-likeness (QED) is 0.113. The van der Waals surface area contributed by atoms with E-state index in [-0.39, 0.29) is 23.4 Å². The van der Waals surface area contributed by atoms with Crippen LogP contribution in [0.1, 0.15) is 37.0 Å². The maximum absolute atomic E-state index is 13.9. The standard InChI is InChI=1S/C32H24BrN3O7S/c1-4-41-31(38)28-18(3)34-32-35(29(28)26-14-13-24(43-26)19-6-8-20(33)9-7-19)30(37)27(44-32)16-22-11-12-25(42-22)23-15-21(36(39)40)10-5-17(23)2/h5-16,29H,4H2,1-3H3/b27-16-/t29-/m1/s1. The third kappa shape index (κ3) is 5.38. The van der Waals surface area contributed by atoms with E-state index < -0.39 is 16.9 Å². The number of thiazole rings is 1. The maximum Gasteiger partial charge on any atom is 0.338 e. The van der Waals surface area contributed by atoms with Gasteiger partial charge in [-0.2, -0.15) is 0 Å². The molecule has 0 unspecified atom stereocenters. The Bertz CT molecular complexity index is 2150. The van der Waals surface area contributed by atoms with Crippen molar-refractivity contribution in [2.24, 2.45) is 4.99 Å². The molecular weight excluding hydrogens is 650 g/mol. The highest BCUT2D eigenvalue weighted by Crippen LogP contribution is 2.35. The van der Waals surface area contributed by atoms with E-state index >= 15 is 0 Å². The predicted molar refractivity (Wildman–Crippen MR) is 168 cm³/mol. The zero-order valence-corrected chi connectivity index (χ0v) is 26.1. The molecule has 0 spiro atoms. The number of nitrogens with zero attached hydrogens (tertiary/aromatic N) is 3. The molecule has 222 valence electrons. The number of hydrogen-bond donors (Lipinski definition) is 0. The van der Waals surface area contributed by atoms with E-state index in [9.17, 15) is 19.7 Å². The van der Waals surface area contributed by atoms with E-state index in [1.54, 1.807) is 50.3 Å². The van der Waals surface area contributed by atoms with E-state index in [1.807, 2.05) is 31.2 Å². The number of nitro groups is 1. The second-order valence-corrected chi connectivity index (χ2v) is 11.9. The van der Waals surface area contributed by atoms with E-state index in [0.717, 1.165) is 26.9 Å². The first kappa shape index (κ1) is 29.3. The lowest BCUT2D eigenvalue weighted by molar-refractivity contribution is -0.384. The van der Waals surface area contributed by atoms with Crippen molar-refractivity contribution < 1.29 is 23.3 Å². The summed E-state index contributed by atoms with van der Waals surface area (Å²) >= 11 is 4.59. The summed E-state index contributed by atoms with van der Waals surface area (Å²) < 4.78 is 20.3. The Kier molecular flexibility index (Phi) is 7.78. The van der Waals surface area contributed by atoms with Gasteiger partial charge in [-0.05, 0) is 62.7 Å². The van der Waals surface area contributed by atoms with Crippen molar-refractivity contribution in [3.8, 4) is 22.6 Å². The van der Waals surface area contributed by atoms with Gasteiger partial charge in [0.1, 0.15) is 29.1 Å². The minimum atomic E-state index is -0.906. The lowest BCUT2D eigenvalue weighted by Gasteiger charge is -2.22. The van der Waals surface area contributed by atoms with Crippen molar-refractivity contribution in [2.45, 2.75) is 26.8 Å². The molecule has 10 nitrogen and oxygen atoms in total. The van der Waals surface area contributed by atoms with Crippen molar-refractivity contribution in [1.29, 1.82) is 0 Å². The zero-order valence-electron chi connectivity index (χ0n) is 23.7. The molecule has 0 saturated heterocycles. The number of allylic oxidation sites excluding steroid dienone is 1. The summed E-state index contributed by atoms with van der Waals surface area (Å²) in [6, 6.07) is 18.2. The molecule has 3 aromatic heterocycles. The van der Waals surface area contributed by atoms with Gasteiger partial charge in [0.05, 0.1) is 27.3 Å². The van der Waals surface area contributed by atoms with E-state index in [2.05, 4.69) is 20.9 Å². The van der Waals surface area contributed by atoms with Crippen LogP contribution in [-0.4, -0.2) is 22.1 Å². The smallest absolute Gasteiger partial charge is 0.338 e. The fourth-order valence-corrected chi connectivity index (χ4v) is 6.31. The summed E-state index contributed by atoms with van der Waals surface area (Å²) in [5.41, 5.74) is 2.41. The number of aryl methyl sites for hydroxylation is 1. The number of aromatic nitrogens is 1. The first-order valence-electron chi connectivity index (χ1n) is 13.5. The van der Waals surface area contributed by atoms with Crippen LogP contribution in [0.25, 0.3) is 28.7 Å². The molecule has 0 bridgehead atoms. The van der Waals surface area contributed by atoms with Crippen LogP contribution in [0.3, 0.4) is 0 Å². The average Bonchev–Trinajstić information content (AvgIpc) is 3.73. The molecule has 0 amide bonds. The number of hydrogen-bond acceptors (Lipinski definition) is 9. The Balaban J connectivity index is 1.45. The number of esters is 1. The van der Waals surface area contributed by atoms with Gasteiger partial charge in [0.25, 0.3) is 11.2 Å². The molecule has 12 heteroatoms. The summed E-state index contributed by atoms with van der Waals surface area (Å²) in [5, 5.41) is 11.3. The van der Waals surface area contributed by atoms with Crippen LogP contribution in [0.4, 0.5) is 5.69 Å². The maximum atomic E-state index is 13.9. The second-order valence-electron chi connectivity index (χ2n) is 9.97. The number of fused-ring (bicyclic) bond motifs is 1. The van der Waals surface area contributed by atoms with Gasteiger partial charge in [0.15, 0.2) is 4.80 Å². The van der Waals surface area contributed by atoms with Crippen molar-refractivity contribution in [2.75, 3.05) is 6.61 Å². The van der Waals surface area contributed by atoms with Crippen LogP contribution in [-0.2, 0) is 9.53 Å². The molecule has 0 radical (unpaired) electrons.